The predicted molar refractivity (Wildman–Crippen MR) is 87.6 cm³/mol. The molecule has 1 unspecified atom stereocenters. The van der Waals surface area contributed by atoms with Crippen molar-refractivity contribution in [1.29, 1.82) is 0 Å². The van der Waals surface area contributed by atoms with Gasteiger partial charge in [0.15, 0.2) is 10.8 Å². The summed E-state index contributed by atoms with van der Waals surface area (Å²) in [5.41, 5.74) is 0.422. The van der Waals surface area contributed by atoms with Crippen molar-refractivity contribution in [2.45, 2.75) is 43.3 Å². The van der Waals surface area contributed by atoms with E-state index in [1.165, 1.54) is 30.8 Å². The molecular weight excluding hydrogens is 314 g/mol. The van der Waals surface area contributed by atoms with E-state index in [4.69, 9.17) is 0 Å². The van der Waals surface area contributed by atoms with Crippen molar-refractivity contribution in [3.05, 3.63) is 16.6 Å². The van der Waals surface area contributed by atoms with Crippen molar-refractivity contribution in [3.63, 3.8) is 0 Å². The number of carbonyl (C=O) groups is 1. The van der Waals surface area contributed by atoms with Gasteiger partial charge in [0.25, 0.3) is 5.56 Å². The fraction of sp³-hybridized carbons (Fsp3) is 0.600. The van der Waals surface area contributed by atoms with E-state index in [0.717, 1.165) is 31.7 Å². The summed E-state index contributed by atoms with van der Waals surface area (Å²) in [5.74, 6) is 0.881. The molecule has 1 N–H and O–H groups in total. The molecule has 1 fully saturated rings. The van der Waals surface area contributed by atoms with E-state index in [9.17, 15) is 9.59 Å². The Morgan fingerprint density at radius 2 is 2.09 bits per heavy atom. The topological polar surface area (TPSA) is 83.9 Å². The maximum Gasteiger partial charge on any atom is 0.265 e. The van der Waals surface area contributed by atoms with E-state index < -0.39 is 0 Å². The van der Waals surface area contributed by atoms with E-state index in [-0.39, 0.29) is 17.5 Å². The molecular formula is C15H19N5O2S. The van der Waals surface area contributed by atoms with Gasteiger partial charge in [0.1, 0.15) is 5.39 Å². The minimum absolute atomic E-state index is 0.0996. The first kappa shape index (κ1) is 14.7. The largest absolute Gasteiger partial charge is 0.343 e. The van der Waals surface area contributed by atoms with Crippen LogP contribution in [0.5, 0.6) is 0 Å². The van der Waals surface area contributed by atoms with Crippen LogP contribution < -0.4 is 5.56 Å². The number of H-pyrrole nitrogens is 1. The molecule has 0 aliphatic carbocycles. The number of thioether (sulfide) groups is 1. The molecule has 1 saturated heterocycles. The Morgan fingerprint density at radius 1 is 1.30 bits per heavy atom. The summed E-state index contributed by atoms with van der Waals surface area (Å²) in [6.45, 7) is 1.69. The fourth-order valence-corrected chi connectivity index (χ4v) is 4.49. The maximum absolute atomic E-state index is 12.6. The first-order valence-electron chi connectivity index (χ1n) is 8.10. The van der Waals surface area contributed by atoms with Gasteiger partial charge < -0.3 is 4.90 Å². The maximum atomic E-state index is 12.6. The van der Waals surface area contributed by atoms with Gasteiger partial charge in [-0.2, -0.15) is 5.10 Å². The Hall–Kier alpha value is -1.83. The molecule has 0 aromatic carbocycles. The number of nitrogens with one attached hydrogen (secondary N) is 1. The molecule has 1 atom stereocenters. The molecule has 0 bridgehead atoms. The third-order valence-corrected chi connectivity index (χ3v) is 5.72. The molecule has 8 heteroatoms. The van der Waals surface area contributed by atoms with E-state index in [1.54, 1.807) is 4.57 Å². The van der Waals surface area contributed by atoms with Gasteiger partial charge in [0.2, 0.25) is 5.91 Å². The van der Waals surface area contributed by atoms with Gasteiger partial charge in [-0.05, 0) is 12.8 Å². The van der Waals surface area contributed by atoms with Gasteiger partial charge in [-0.15, -0.1) is 0 Å². The highest BCUT2D eigenvalue weighted by molar-refractivity contribution is 7.99. The van der Waals surface area contributed by atoms with E-state index >= 15 is 0 Å². The number of hydrogen-bond acceptors (Lipinski definition) is 5. The number of carbonyl (C=O) groups excluding carboxylic acids is 1. The van der Waals surface area contributed by atoms with Crippen molar-refractivity contribution in [3.8, 4) is 0 Å². The Bertz CT molecular complexity index is 791. The lowest BCUT2D eigenvalue weighted by Crippen LogP contribution is -2.35. The van der Waals surface area contributed by atoms with Crippen molar-refractivity contribution in [2.75, 3.05) is 18.8 Å². The lowest BCUT2D eigenvalue weighted by atomic mass is 10.2. The highest BCUT2D eigenvalue weighted by atomic mass is 32.2. The summed E-state index contributed by atoms with van der Waals surface area (Å²) in [5, 5.41) is 7.80. The van der Waals surface area contributed by atoms with Crippen LogP contribution in [0.1, 0.15) is 38.1 Å². The molecule has 7 nitrogen and oxygen atoms in total. The van der Waals surface area contributed by atoms with Crippen LogP contribution in [0.25, 0.3) is 11.0 Å². The molecule has 0 spiro atoms. The monoisotopic (exact) mass is 333 g/mol. The van der Waals surface area contributed by atoms with Crippen molar-refractivity contribution >= 4 is 28.7 Å². The Morgan fingerprint density at radius 3 is 2.87 bits per heavy atom. The zero-order valence-corrected chi connectivity index (χ0v) is 13.6. The zero-order valence-electron chi connectivity index (χ0n) is 12.8. The normalized spacial score (nSPS) is 21.4. The zero-order chi connectivity index (χ0) is 15.8. The van der Waals surface area contributed by atoms with Crippen LogP contribution in [-0.2, 0) is 4.79 Å². The third-order valence-electron chi connectivity index (χ3n) is 4.62. The number of nitrogens with zero attached hydrogens (tertiary/aromatic N) is 4. The molecule has 2 aliphatic heterocycles. The number of hydrogen-bond donors (Lipinski definition) is 1. The molecule has 0 saturated carbocycles. The molecule has 2 aliphatic rings. The third kappa shape index (κ3) is 2.65. The second-order valence-electron chi connectivity index (χ2n) is 6.17. The number of likely N-dealkylation sites (tertiary alicyclic amines) is 1. The summed E-state index contributed by atoms with van der Waals surface area (Å²) in [7, 11) is 0. The quantitative estimate of drug-likeness (QED) is 0.843. The van der Waals surface area contributed by atoms with Gasteiger partial charge in [0.05, 0.1) is 12.2 Å². The number of aromatic amines is 1. The minimum atomic E-state index is -0.106. The van der Waals surface area contributed by atoms with Crippen LogP contribution in [0, 0.1) is 0 Å². The summed E-state index contributed by atoms with van der Waals surface area (Å²) >= 11 is 1.53. The lowest BCUT2D eigenvalue weighted by molar-refractivity contribution is -0.131. The molecule has 23 heavy (non-hydrogen) atoms. The van der Waals surface area contributed by atoms with Gasteiger partial charge in [0, 0.05) is 25.3 Å². The summed E-state index contributed by atoms with van der Waals surface area (Å²) < 4.78 is 1.68. The summed E-state index contributed by atoms with van der Waals surface area (Å²) in [6.07, 6.45) is 6.46. The van der Waals surface area contributed by atoms with Gasteiger partial charge in [-0.3, -0.25) is 19.3 Å². The molecule has 4 rings (SSSR count). The predicted octanol–water partition coefficient (Wildman–Crippen LogP) is 1.56. The van der Waals surface area contributed by atoms with E-state index in [2.05, 4.69) is 15.2 Å². The van der Waals surface area contributed by atoms with E-state index in [0.29, 0.717) is 22.6 Å². The van der Waals surface area contributed by atoms with Crippen LogP contribution >= 0.6 is 11.8 Å². The van der Waals surface area contributed by atoms with E-state index in [1.807, 2.05) is 4.90 Å². The summed E-state index contributed by atoms with van der Waals surface area (Å²) in [4.78, 5) is 31.6. The van der Waals surface area contributed by atoms with Gasteiger partial charge >= 0.3 is 0 Å². The van der Waals surface area contributed by atoms with Crippen LogP contribution in [-0.4, -0.2) is 49.4 Å². The van der Waals surface area contributed by atoms with Crippen molar-refractivity contribution < 1.29 is 4.79 Å². The standard InChI is InChI=1S/C15H19N5O2S/c21-12(19-5-3-1-2-4-6-19)7-10-9-23-15-17-13-11(8-16-18-13)14(22)20(10)15/h8,10H,1-7,9H2,(H,16,18). The minimum Gasteiger partial charge on any atom is -0.343 e. The van der Waals surface area contributed by atoms with Crippen LogP contribution in [0.3, 0.4) is 0 Å². The highest BCUT2D eigenvalue weighted by Gasteiger charge is 2.30. The fourth-order valence-electron chi connectivity index (χ4n) is 3.36. The van der Waals surface area contributed by atoms with Crippen LogP contribution in [0.2, 0.25) is 0 Å². The number of aromatic nitrogens is 4. The Labute approximate surface area is 137 Å². The highest BCUT2D eigenvalue weighted by Crippen LogP contribution is 2.33. The van der Waals surface area contributed by atoms with Gasteiger partial charge in [-0.1, -0.05) is 24.6 Å². The molecule has 4 heterocycles. The van der Waals surface area contributed by atoms with Crippen molar-refractivity contribution in [1.82, 2.24) is 24.6 Å². The first-order valence-corrected chi connectivity index (χ1v) is 9.09. The second kappa shape index (κ2) is 5.99. The SMILES string of the molecule is O=C(CC1CSc2nc3[nH]ncc3c(=O)n21)N1CCCCCC1. The number of amides is 1. The molecule has 122 valence electrons. The Balaban J connectivity index is 1.58. The Kier molecular flexibility index (Phi) is 3.84. The molecule has 0 radical (unpaired) electrons. The first-order chi connectivity index (χ1) is 11.2. The van der Waals surface area contributed by atoms with Crippen molar-refractivity contribution in [2.24, 2.45) is 0 Å². The lowest BCUT2D eigenvalue weighted by Gasteiger charge is -2.22. The molecule has 2 aromatic rings. The molecule has 2 aromatic heterocycles. The molecule has 1 amide bonds. The van der Waals surface area contributed by atoms with Crippen LogP contribution in [0.4, 0.5) is 0 Å². The smallest absolute Gasteiger partial charge is 0.265 e. The second-order valence-corrected chi connectivity index (χ2v) is 7.15. The number of rotatable bonds is 2. The van der Waals surface area contributed by atoms with Crippen LogP contribution in [0.15, 0.2) is 16.1 Å². The average molecular weight is 333 g/mol. The number of fused-ring (bicyclic) bond motifs is 2. The average Bonchev–Trinajstić information content (AvgIpc) is 3.07. The summed E-state index contributed by atoms with van der Waals surface area (Å²) in [6, 6.07) is -0.106. The van der Waals surface area contributed by atoms with Gasteiger partial charge in [-0.25, -0.2) is 4.98 Å².